The molecule has 0 spiro atoms. The number of hydrogen-bond acceptors (Lipinski definition) is 4. The molecule has 0 radical (unpaired) electrons. The molecular formula is C16H16O3S2. The highest BCUT2D eigenvalue weighted by Gasteiger charge is 2.57. The number of thioether (sulfide) groups is 2. The minimum Gasteiger partial charge on any atom is -0.480 e. The van der Waals surface area contributed by atoms with E-state index in [9.17, 15) is 14.7 Å². The predicted molar refractivity (Wildman–Crippen MR) is 86.2 cm³/mol. The molecule has 1 fully saturated rings. The van der Waals surface area contributed by atoms with Crippen molar-refractivity contribution >= 4 is 35.3 Å². The minimum absolute atomic E-state index is 0.127. The molecule has 3 rings (SSSR count). The zero-order chi connectivity index (χ0) is 15.0. The van der Waals surface area contributed by atoms with Crippen molar-refractivity contribution in [3.8, 4) is 0 Å². The van der Waals surface area contributed by atoms with Gasteiger partial charge in [0.05, 0.1) is 0 Å². The lowest BCUT2D eigenvalue weighted by molar-refractivity contribution is -0.141. The molecule has 1 N–H and O–H groups in total. The summed E-state index contributed by atoms with van der Waals surface area (Å²) in [6, 6.07) is 9.33. The van der Waals surface area contributed by atoms with Crippen molar-refractivity contribution < 1.29 is 14.7 Å². The molecule has 2 aliphatic rings. The third-order valence-electron chi connectivity index (χ3n) is 4.22. The van der Waals surface area contributed by atoms with E-state index in [0.29, 0.717) is 6.42 Å². The zero-order valence-corrected chi connectivity index (χ0v) is 13.3. The average molecular weight is 320 g/mol. The van der Waals surface area contributed by atoms with Crippen LogP contribution in [0.15, 0.2) is 40.1 Å². The van der Waals surface area contributed by atoms with Crippen LogP contribution in [0.3, 0.4) is 0 Å². The van der Waals surface area contributed by atoms with Crippen LogP contribution < -0.4 is 0 Å². The van der Waals surface area contributed by atoms with Crippen molar-refractivity contribution in [2.24, 2.45) is 5.92 Å². The van der Waals surface area contributed by atoms with Crippen molar-refractivity contribution in [1.82, 2.24) is 0 Å². The molecule has 1 aliphatic heterocycles. The van der Waals surface area contributed by atoms with Crippen molar-refractivity contribution in [2.45, 2.75) is 24.0 Å². The van der Waals surface area contributed by atoms with Gasteiger partial charge in [0.2, 0.25) is 0 Å². The first kappa shape index (κ1) is 14.7. The van der Waals surface area contributed by atoms with E-state index in [1.54, 1.807) is 0 Å². The second-order valence-electron chi connectivity index (χ2n) is 5.28. The summed E-state index contributed by atoms with van der Waals surface area (Å²) in [6.07, 6.45) is 3.99. The number of allylic oxidation sites excluding steroid dienone is 1. The van der Waals surface area contributed by atoms with Crippen LogP contribution in [-0.2, 0) is 14.3 Å². The largest absolute Gasteiger partial charge is 0.480 e. The summed E-state index contributed by atoms with van der Waals surface area (Å²) in [5.41, 5.74) is 1.54. The molecule has 21 heavy (non-hydrogen) atoms. The molecule has 0 bridgehead atoms. The summed E-state index contributed by atoms with van der Waals surface area (Å²) in [5.74, 6) is -0.937. The van der Waals surface area contributed by atoms with Crippen molar-refractivity contribution in [3.63, 3.8) is 0 Å². The van der Waals surface area contributed by atoms with E-state index in [4.69, 9.17) is 0 Å². The second-order valence-corrected chi connectivity index (χ2v) is 7.61. The zero-order valence-electron chi connectivity index (χ0n) is 11.7. The molecule has 0 saturated heterocycles. The standard InChI is InChI=1S/C16H16O3S2/c1-20-14-13-11(8-5-9-12(13)17)16(21-14,15(18)19)10-6-3-2-4-7-10/h2-4,6-7,11H,5,8-9H2,1H3,(H,18,19). The van der Waals surface area contributed by atoms with Gasteiger partial charge in [0, 0.05) is 22.1 Å². The Kier molecular flexibility index (Phi) is 3.88. The van der Waals surface area contributed by atoms with Gasteiger partial charge in [-0.05, 0) is 24.7 Å². The van der Waals surface area contributed by atoms with E-state index in [1.807, 2.05) is 36.6 Å². The van der Waals surface area contributed by atoms with Crippen LogP contribution in [0, 0.1) is 5.92 Å². The highest BCUT2D eigenvalue weighted by atomic mass is 32.2. The number of ketones is 1. The van der Waals surface area contributed by atoms with E-state index in [2.05, 4.69) is 0 Å². The maximum Gasteiger partial charge on any atom is 0.325 e. The van der Waals surface area contributed by atoms with Crippen LogP contribution in [-0.4, -0.2) is 23.1 Å². The second kappa shape index (κ2) is 5.54. The summed E-state index contributed by atoms with van der Waals surface area (Å²) >= 11 is 2.85. The Balaban J connectivity index is 2.16. The van der Waals surface area contributed by atoms with Gasteiger partial charge in [0.1, 0.15) is 4.75 Å². The Hall–Kier alpha value is -1.20. The average Bonchev–Trinajstić information content (AvgIpc) is 2.85. The molecule has 2 unspecified atom stereocenters. The maximum atomic E-state index is 12.3. The third kappa shape index (κ3) is 2.14. The molecular weight excluding hydrogens is 304 g/mol. The Labute approximate surface area is 132 Å². The van der Waals surface area contributed by atoms with Gasteiger partial charge in [-0.15, -0.1) is 11.8 Å². The number of rotatable bonds is 3. The third-order valence-corrected chi connectivity index (χ3v) is 6.98. The van der Waals surface area contributed by atoms with Crippen LogP contribution in [0.25, 0.3) is 0 Å². The van der Waals surface area contributed by atoms with E-state index < -0.39 is 10.7 Å². The number of carboxylic acids is 1. The normalized spacial score (nSPS) is 28.6. The quantitative estimate of drug-likeness (QED) is 0.921. The minimum atomic E-state index is -1.05. The molecule has 1 aromatic carbocycles. The summed E-state index contributed by atoms with van der Waals surface area (Å²) < 4.78 is -0.165. The fourth-order valence-corrected chi connectivity index (χ4v) is 5.87. The smallest absolute Gasteiger partial charge is 0.325 e. The van der Waals surface area contributed by atoms with Gasteiger partial charge in [0.25, 0.3) is 0 Å². The Bertz CT molecular complexity index is 624. The van der Waals surface area contributed by atoms with Crippen LogP contribution in [0.5, 0.6) is 0 Å². The van der Waals surface area contributed by atoms with E-state index in [0.717, 1.165) is 28.2 Å². The molecule has 0 amide bonds. The molecule has 1 saturated carbocycles. The Morgan fingerprint density at radius 3 is 2.71 bits per heavy atom. The fourth-order valence-electron chi connectivity index (χ4n) is 3.29. The number of carboxylic acid groups (broad SMARTS) is 1. The van der Waals surface area contributed by atoms with Gasteiger partial charge < -0.3 is 5.11 Å². The lowest BCUT2D eigenvalue weighted by Gasteiger charge is -2.34. The fraction of sp³-hybridized carbons (Fsp3) is 0.375. The SMILES string of the molecule is CSC1=C2C(=O)CCCC2C(C(=O)O)(c2ccccc2)S1. The Morgan fingerprint density at radius 1 is 1.38 bits per heavy atom. The number of Topliss-reactive ketones (excluding diaryl/α,β-unsaturated/α-hetero) is 1. The number of carbonyl (C=O) groups is 2. The molecule has 1 aromatic rings. The highest BCUT2D eigenvalue weighted by molar-refractivity contribution is 8.23. The van der Waals surface area contributed by atoms with Gasteiger partial charge >= 0.3 is 5.97 Å². The van der Waals surface area contributed by atoms with Gasteiger partial charge in [-0.1, -0.05) is 42.1 Å². The van der Waals surface area contributed by atoms with Crippen molar-refractivity contribution in [1.29, 1.82) is 0 Å². The number of fused-ring (bicyclic) bond motifs is 1. The summed E-state index contributed by atoms with van der Waals surface area (Å²) in [5, 5.41) is 9.99. The lowest BCUT2D eigenvalue weighted by Crippen LogP contribution is -2.40. The number of hydrogen-bond donors (Lipinski definition) is 1. The van der Waals surface area contributed by atoms with E-state index >= 15 is 0 Å². The monoisotopic (exact) mass is 320 g/mol. The number of carbonyl (C=O) groups excluding carboxylic acids is 1. The molecule has 0 aromatic heterocycles. The van der Waals surface area contributed by atoms with Crippen LogP contribution in [0.1, 0.15) is 24.8 Å². The highest BCUT2D eigenvalue weighted by Crippen LogP contribution is 2.62. The van der Waals surface area contributed by atoms with Crippen LogP contribution >= 0.6 is 23.5 Å². The topological polar surface area (TPSA) is 54.4 Å². The maximum absolute atomic E-state index is 12.3. The van der Waals surface area contributed by atoms with Gasteiger partial charge in [-0.2, -0.15) is 0 Å². The van der Waals surface area contributed by atoms with Gasteiger partial charge in [0.15, 0.2) is 5.78 Å². The first-order valence-corrected chi connectivity index (χ1v) is 8.94. The lowest BCUT2D eigenvalue weighted by atomic mass is 9.73. The molecule has 5 heteroatoms. The number of benzene rings is 1. The summed E-state index contributed by atoms with van der Waals surface area (Å²) in [4.78, 5) is 24.5. The van der Waals surface area contributed by atoms with Crippen LogP contribution in [0.2, 0.25) is 0 Å². The molecule has 2 atom stereocenters. The predicted octanol–water partition coefficient (Wildman–Crippen LogP) is 3.66. The molecule has 1 aliphatic carbocycles. The van der Waals surface area contributed by atoms with E-state index in [-0.39, 0.29) is 11.7 Å². The summed E-state index contributed by atoms with van der Waals surface area (Å²) in [7, 11) is 0. The first-order valence-electron chi connectivity index (χ1n) is 6.90. The van der Waals surface area contributed by atoms with Gasteiger partial charge in [-0.3, -0.25) is 9.59 Å². The van der Waals surface area contributed by atoms with Crippen molar-refractivity contribution in [3.05, 3.63) is 45.7 Å². The molecule has 3 nitrogen and oxygen atoms in total. The first-order chi connectivity index (χ1) is 10.1. The molecule has 110 valence electrons. The number of aliphatic carboxylic acids is 1. The van der Waals surface area contributed by atoms with Crippen LogP contribution in [0.4, 0.5) is 0 Å². The summed E-state index contributed by atoms with van der Waals surface area (Å²) in [6.45, 7) is 0. The van der Waals surface area contributed by atoms with E-state index in [1.165, 1.54) is 23.5 Å². The Morgan fingerprint density at radius 2 is 2.10 bits per heavy atom. The van der Waals surface area contributed by atoms with Gasteiger partial charge in [-0.25, -0.2) is 0 Å². The molecule has 1 heterocycles. The van der Waals surface area contributed by atoms with Crippen molar-refractivity contribution in [2.75, 3.05) is 6.26 Å².